The minimum Gasteiger partial charge on any atom is -0.325 e. The van der Waals surface area contributed by atoms with Gasteiger partial charge in [0.25, 0.3) is 0 Å². The van der Waals surface area contributed by atoms with Gasteiger partial charge in [-0.3, -0.25) is 4.79 Å². The lowest BCUT2D eigenvalue weighted by atomic mass is 9.91. The Hall–Kier alpha value is -1.74. The minimum atomic E-state index is -0.0706. The number of fused-ring (bicyclic) bond motifs is 1. The largest absolute Gasteiger partial charge is 0.325 e. The summed E-state index contributed by atoms with van der Waals surface area (Å²) >= 11 is 1.73. The van der Waals surface area contributed by atoms with Crippen LogP contribution in [0.1, 0.15) is 28.2 Å². The van der Waals surface area contributed by atoms with Crippen molar-refractivity contribution in [3.8, 4) is 0 Å². The van der Waals surface area contributed by atoms with E-state index in [4.69, 9.17) is 0 Å². The molecule has 2 nitrogen and oxygen atoms in total. The van der Waals surface area contributed by atoms with Crippen LogP contribution < -0.4 is 5.32 Å². The maximum Gasteiger partial charge on any atom is 0.232 e. The van der Waals surface area contributed by atoms with E-state index in [-0.39, 0.29) is 11.8 Å². The van der Waals surface area contributed by atoms with Crippen molar-refractivity contribution in [3.05, 3.63) is 58.7 Å². The van der Waals surface area contributed by atoms with Gasteiger partial charge in [0.15, 0.2) is 0 Å². The van der Waals surface area contributed by atoms with Gasteiger partial charge in [-0.1, -0.05) is 29.8 Å². The number of hydrogen-bond donors (Lipinski definition) is 1. The first kappa shape index (κ1) is 14.2. The number of carbonyl (C=O) groups excluding carboxylic acids is 1. The Labute approximate surface area is 130 Å². The molecule has 1 heterocycles. The number of carbonyl (C=O) groups is 1. The Morgan fingerprint density at radius 1 is 1.14 bits per heavy atom. The molecule has 0 spiro atoms. The van der Waals surface area contributed by atoms with Crippen molar-refractivity contribution >= 4 is 23.4 Å². The quantitative estimate of drug-likeness (QED) is 0.856. The van der Waals surface area contributed by atoms with Crippen molar-refractivity contribution < 1.29 is 4.79 Å². The average Bonchev–Trinajstić information content (AvgIpc) is 2.77. The zero-order valence-corrected chi connectivity index (χ0v) is 13.4. The van der Waals surface area contributed by atoms with E-state index >= 15 is 0 Å². The summed E-state index contributed by atoms with van der Waals surface area (Å²) < 4.78 is 0. The van der Waals surface area contributed by atoms with E-state index in [1.165, 1.54) is 16.0 Å². The van der Waals surface area contributed by atoms with Crippen molar-refractivity contribution in [2.24, 2.45) is 0 Å². The van der Waals surface area contributed by atoms with Crippen LogP contribution in [0.25, 0.3) is 0 Å². The summed E-state index contributed by atoms with van der Waals surface area (Å²) in [5.74, 6) is 0.0476. The van der Waals surface area contributed by atoms with Crippen molar-refractivity contribution in [2.45, 2.75) is 31.1 Å². The summed E-state index contributed by atoms with van der Waals surface area (Å²) in [5.41, 5.74) is 5.73. The number of thioether (sulfide) groups is 1. The molecule has 0 saturated carbocycles. The van der Waals surface area contributed by atoms with Gasteiger partial charge in [0.2, 0.25) is 5.91 Å². The highest BCUT2D eigenvalue weighted by Crippen LogP contribution is 2.37. The van der Waals surface area contributed by atoms with E-state index in [2.05, 4.69) is 61.8 Å². The van der Waals surface area contributed by atoms with Gasteiger partial charge in [0.1, 0.15) is 0 Å². The molecule has 0 unspecified atom stereocenters. The highest BCUT2D eigenvalue weighted by atomic mass is 32.2. The van der Waals surface area contributed by atoms with E-state index in [1.807, 2.05) is 0 Å². The van der Waals surface area contributed by atoms with Gasteiger partial charge in [-0.15, -0.1) is 11.8 Å². The molecule has 0 radical (unpaired) electrons. The molecule has 1 aliphatic heterocycles. The second-order valence-electron chi connectivity index (χ2n) is 5.64. The first-order chi connectivity index (χ1) is 10.1. The second-order valence-corrected chi connectivity index (χ2v) is 6.52. The fourth-order valence-electron chi connectivity index (χ4n) is 3.00. The van der Waals surface area contributed by atoms with Crippen LogP contribution >= 0.6 is 11.8 Å². The summed E-state index contributed by atoms with van der Waals surface area (Å²) in [6.07, 6.45) is 2.83. The van der Waals surface area contributed by atoms with Crippen LogP contribution in [0.3, 0.4) is 0 Å². The Bertz CT molecular complexity index is 691. The number of aryl methyl sites for hydroxylation is 2. The van der Waals surface area contributed by atoms with Crippen molar-refractivity contribution in [3.63, 3.8) is 0 Å². The molecule has 0 aliphatic carbocycles. The summed E-state index contributed by atoms with van der Waals surface area (Å²) in [6.45, 7) is 4.14. The van der Waals surface area contributed by atoms with E-state index in [0.717, 1.165) is 23.2 Å². The number of rotatable bonds is 3. The maximum atomic E-state index is 12.3. The monoisotopic (exact) mass is 297 g/mol. The average molecular weight is 297 g/mol. The molecule has 1 aliphatic rings. The minimum absolute atomic E-state index is 0.0706. The number of amides is 1. The predicted octanol–water partition coefficient (Wildman–Crippen LogP) is 4.30. The number of benzene rings is 2. The van der Waals surface area contributed by atoms with Gasteiger partial charge in [0.05, 0.1) is 5.92 Å². The molecule has 2 aromatic carbocycles. The molecule has 0 saturated heterocycles. The Morgan fingerprint density at radius 3 is 2.52 bits per heavy atom. The number of anilines is 1. The summed E-state index contributed by atoms with van der Waals surface area (Å²) in [4.78, 5) is 13.6. The van der Waals surface area contributed by atoms with Gasteiger partial charge in [-0.25, -0.2) is 0 Å². The van der Waals surface area contributed by atoms with E-state index < -0.39 is 0 Å². The maximum absolute atomic E-state index is 12.3. The molecule has 0 fully saturated rings. The molecular formula is C18H19NOS. The standard InChI is InChI=1S/C18H19NOS/c1-11-8-12(2)17-15(9-11)16(18(20)19-17)10-13-4-6-14(21-3)7-5-13/h4-9,16H,10H2,1-3H3,(H,19,20)/t16-/m0/s1. The van der Waals surface area contributed by atoms with Gasteiger partial charge in [0, 0.05) is 10.6 Å². The van der Waals surface area contributed by atoms with Gasteiger partial charge in [-0.2, -0.15) is 0 Å². The molecule has 3 heteroatoms. The first-order valence-corrected chi connectivity index (χ1v) is 8.36. The molecule has 0 aromatic heterocycles. The molecule has 2 aromatic rings. The van der Waals surface area contributed by atoms with Crippen LogP contribution in [0.2, 0.25) is 0 Å². The van der Waals surface area contributed by atoms with Crippen LogP contribution in [0.4, 0.5) is 5.69 Å². The zero-order valence-electron chi connectivity index (χ0n) is 12.6. The van der Waals surface area contributed by atoms with Gasteiger partial charge in [-0.05, 0) is 55.3 Å². The fourth-order valence-corrected chi connectivity index (χ4v) is 3.41. The highest BCUT2D eigenvalue weighted by Gasteiger charge is 2.31. The third-order valence-electron chi connectivity index (χ3n) is 4.05. The molecule has 21 heavy (non-hydrogen) atoms. The molecule has 1 amide bonds. The molecule has 108 valence electrons. The fraction of sp³-hybridized carbons (Fsp3) is 0.278. The Balaban J connectivity index is 1.91. The lowest BCUT2D eigenvalue weighted by Gasteiger charge is -2.11. The highest BCUT2D eigenvalue weighted by molar-refractivity contribution is 7.98. The van der Waals surface area contributed by atoms with Crippen LogP contribution in [-0.4, -0.2) is 12.2 Å². The van der Waals surface area contributed by atoms with Gasteiger partial charge >= 0.3 is 0 Å². The van der Waals surface area contributed by atoms with Crippen molar-refractivity contribution in [2.75, 3.05) is 11.6 Å². The zero-order chi connectivity index (χ0) is 15.0. The lowest BCUT2D eigenvalue weighted by molar-refractivity contribution is -0.117. The van der Waals surface area contributed by atoms with Crippen LogP contribution in [0.5, 0.6) is 0 Å². The summed E-state index contributed by atoms with van der Waals surface area (Å²) in [5, 5.41) is 3.04. The van der Waals surface area contributed by atoms with Crippen LogP contribution in [0, 0.1) is 13.8 Å². The van der Waals surface area contributed by atoms with Crippen molar-refractivity contribution in [1.29, 1.82) is 0 Å². The predicted molar refractivity (Wildman–Crippen MR) is 89.2 cm³/mol. The SMILES string of the molecule is CSc1ccc(C[C@@H]2C(=O)Nc3c(C)cc(C)cc32)cc1. The summed E-state index contributed by atoms with van der Waals surface area (Å²) in [6, 6.07) is 12.7. The first-order valence-electron chi connectivity index (χ1n) is 7.13. The molecular weight excluding hydrogens is 278 g/mol. The van der Waals surface area contributed by atoms with Crippen LogP contribution in [-0.2, 0) is 11.2 Å². The van der Waals surface area contributed by atoms with Gasteiger partial charge < -0.3 is 5.32 Å². The number of nitrogens with one attached hydrogen (secondary N) is 1. The van der Waals surface area contributed by atoms with Crippen LogP contribution in [0.15, 0.2) is 41.3 Å². The van der Waals surface area contributed by atoms with E-state index in [9.17, 15) is 4.79 Å². The van der Waals surface area contributed by atoms with Crippen molar-refractivity contribution in [1.82, 2.24) is 0 Å². The second kappa shape index (κ2) is 5.57. The third kappa shape index (κ3) is 2.70. The third-order valence-corrected chi connectivity index (χ3v) is 4.79. The molecule has 1 N–H and O–H groups in total. The molecule has 1 atom stereocenters. The Kier molecular flexibility index (Phi) is 3.77. The Morgan fingerprint density at radius 2 is 1.86 bits per heavy atom. The molecule has 3 rings (SSSR count). The summed E-state index contributed by atoms with van der Waals surface area (Å²) in [7, 11) is 0. The smallest absolute Gasteiger partial charge is 0.232 e. The van der Waals surface area contributed by atoms with E-state index in [1.54, 1.807) is 11.8 Å². The normalized spacial score (nSPS) is 16.7. The topological polar surface area (TPSA) is 29.1 Å². The number of hydrogen-bond acceptors (Lipinski definition) is 2. The molecule has 0 bridgehead atoms. The lowest BCUT2D eigenvalue weighted by Crippen LogP contribution is -2.14. The van der Waals surface area contributed by atoms with E-state index in [0.29, 0.717) is 0 Å².